The molecule has 0 saturated carbocycles. The van der Waals surface area contributed by atoms with E-state index >= 15 is 0 Å². The van der Waals surface area contributed by atoms with Gasteiger partial charge in [-0.15, -0.1) is 0 Å². The molecule has 2 aromatic carbocycles. The number of para-hydroxylation sites is 1. The van der Waals surface area contributed by atoms with Gasteiger partial charge in [-0.25, -0.2) is 14.1 Å². The van der Waals surface area contributed by atoms with Crippen molar-refractivity contribution in [3.8, 4) is 0 Å². The maximum Gasteiger partial charge on any atom is 0.137 e. The smallest absolute Gasteiger partial charge is 0.137 e. The zero-order valence-electron chi connectivity index (χ0n) is 12.4. The van der Waals surface area contributed by atoms with Crippen LogP contribution < -0.4 is 0 Å². The maximum atomic E-state index is 13.1. The molecule has 0 amide bonds. The summed E-state index contributed by atoms with van der Waals surface area (Å²) in [4.78, 5) is 3.99. The van der Waals surface area contributed by atoms with E-state index in [1.165, 1.54) is 29.4 Å². The van der Waals surface area contributed by atoms with Gasteiger partial charge in [0, 0.05) is 23.6 Å². The van der Waals surface area contributed by atoms with Gasteiger partial charge in [-0.05, 0) is 29.3 Å². The summed E-state index contributed by atoms with van der Waals surface area (Å²) >= 11 is 0. The Hall–Kier alpha value is -2.95. The van der Waals surface area contributed by atoms with Crippen LogP contribution >= 0.6 is 0 Å². The summed E-state index contributed by atoms with van der Waals surface area (Å²) in [5.41, 5.74) is 3.42. The molecule has 0 radical (unpaired) electrons. The van der Waals surface area contributed by atoms with E-state index in [-0.39, 0.29) is 5.82 Å². The molecule has 5 heteroatoms. The largest absolute Gasteiger partial charge is 0.343 e. The molecule has 0 saturated heterocycles. The van der Waals surface area contributed by atoms with E-state index in [0.717, 1.165) is 11.1 Å². The van der Waals surface area contributed by atoms with Crippen molar-refractivity contribution < 1.29 is 4.39 Å². The van der Waals surface area contributed by atoms with Crippen LogP contribution in [-0.4, -0.2) is 19.3 Å². The molecule has 0 unspecified atom stereocenters. The first-order chi connectivity index (χ1) is 11.3. The van der Waals surface area contributed by atoms with Gasteiger partial charge in [0.15, 0.2) is 0 Å². The van der Waals surface area contributed by atoms with Gasteiger partial charge in [-0.1, -0.05) is 30.3 Å². The third-order valence-electron chi connectivity index (χ3n) is 3.94. The molecular formula is C18H15FN4. The Kier molecular flexibility index (Phi) is 3.38. The summed E-state index contributed by atoms with van der Waals surface area (Å²) in [6.07, 6.45) is 5.39. The van der Waals surface area contributed by atoms with Crippen LogP contribution in [0, 0.1) is 5.82 Å². The Morgan fingerprint density at radius 1 is 0.957 bits per heavy atom. The van der Waals surface area contributed by atoms with Crippen molar-refractivity contribution in [2.45, 2.75) is 13.1 Å². The molecule has 0 aliphatic heterocycles. The molecule has 0 spiro atoms. The molecule has 0 fully saturated rings. The molecule has 2 heterocycles. The second kappa shape index (κ2) is 5.68. The minimum Gasteiger partial charge on any atom is -0.343 e. The lowest BCUT2D eigenvalue weighted by Gasteiger charge is -2.05. The number of halogens is 1. The maximum absolute atomic E-state index is 13.1. The fraction of sp³-hybridized carbons (Fsp3) is 0.111. The first-order valence-electron chi connectivity index (χ1n) is 7.43. The monoisotopic (exact) mass is 306 g/mol. The predicted molar refractivity (Wildman–Crippen MR) is 86.6 cm³/mol. The fourth-order valence-electron chi connectivity index (χ4n) is 2.86. The van der Waals surface area contributed by atoms with Gasteiger partial charge in [-0.2, -0.15) is 5.10 Å². The van der Waals surface area contributed by atoms with Crippen LogP contribution in [0.1, 0.15) is 11.1 Å². The summed E-state index contributed by atoms with van der Waals surface area (Å²) in [5.74, 6) is -0.210. The molecule has 0 bridgehead atoms. The van der Waals surface area contributed by atoms with E-state index in [1.54, 1.807) is 6.33 Å². The molecule has 0 N–H and O–H groups in total. The summed E-state index contributed by atoms with van der Waals surface area (Å²) in [6, 6.07) is 14.9. The van der Waals surface area contributed by atoms with Crippen molar-refractivity contribution in [1.29, 1.82) is 0 Å². The number of aromatic nitrogens is 4. The first-order valence-corrected chi connectivity index (χ1v) is 7.43. The third kappa shape index (κ3) is 2.73. The van der Waals surface area contributed by atoms with Gasteiger partial charge in [0.2, 0.25) is 0 Å². The minimum absolute atomic E-state index is 0.210. The number of fused-ring (bicyclic) bond motifs is 1. The molecule has 23 heavy (non-hydrogen) atoms. The Balaban J connectivity index is 1.73. The Labute approximate surface area is 132 Å². The lowest BCUT2D eigenvalue weighted by molar-refractivity contribution is 0.626. The average Bonchev–Trinajstić information content (AvgIpc) is 3.19. The van der Waals surface area contributed by atoms with Gasteiger partial charge >= 0.3 is 0 Å². The molecule has 4 nitrogen and oxygen atoms in total. The molecule has 114 valence electrons. The van der Waals surface area contributed by atoms with Crippen molar-refractivity contribution in [3.63, 3.8) is 0 Å². The van der Waals surface area contributed by atoms with E-state index in [0.29, 0.717) is 13.1 Å². The van der Waals surface area contributed by atoms with Crippen LogP contribution in [0.5, 0.6) is 0 Å². The van der Waals surface area contributed by atoms with Crippen LogP contribution in [0.4, 0.5) is 4.39 Å². The van der Waals surface area contributed by atoms with Crippen LogP contribution in [0.3, 0.4) is 0 Å². The summed E-state index contributed by atoms with van der Waals surface area (Å²) < 4.78 is 17.1. The predicted octanol–water partition coefficient (Wildman–Crippen LogP) is 3.47. The van der Waals surface area contributed by atoms with Crippen LogP contribution in [-0.2, 0) is 13.1 Å². The quantitative estimate of drug-likeness (QED) is 0.579. The van der Waals surface area contributed by atoms with Gasteiger partial charge < -0.3 is 4.57 Å². The lowest BCUT2D eigenvalue weighted by atomic mass is 10.2. The minimum atomic E-state index is -0.210. The van der Waals surface area contributed by atoms with Gasteiger partial charge in [0.25, 0.3) is 0 Å². The highest BCUT2D eigenvalue weighted by Crippen LogP contribution is 2.23. The molecule has 4 rings (SSSR count). The highest BCUT2D eigenvalue weighted by molar-refractivity contribution is 5.84. The normalized spacial score (nSPS) is 11.2. The molecule has 0 atom stereocenters. The van der Waals surface area contributed by atoms with Gasteiger partial charge in [-0.3, -0.25) is 0 Å². The van der Waals surface area contributed by atoms with Gasteiger partial charge in [0.05, 0.1) is 6.54 Å². The van der Waals surface area contributed by atoms with Crippen LogP contribution in [0.25, 0.3) is 10.9 Å². The van der Waals surface area contributed by atoms with Crippen molar-refractivity contribution >= 4 is 10.9 Å². The van der Waals surface area contributed by atoms with Gasteiger partial charge in [0.1, 0.15) is 18.5 Å². The molecule has 2 aromatic heterocycles. The van der Waals surface area contributed by atoms with Crippen molar-refractivity contribution in [2.24, 2.45) is 0 Å². The highest BCUT2D eigenvalue weighted by Gasteiger charge is 2.09. The molecule has 0 aliphatic carbocycles. The highest BCUT2D eigenvalue weighted by atomic mass is 19.1. The summed E-state index contributed by atoms with van der Waals surface area (Å²) in [7, 11) is 0. The zero-order valence-corrected chi connectivity index (χ0v) is 12.4. The number of nitrogens with zero attached hydrogens (tertiary/aromatic N) is 4. The third-order valence-corrected chi connectivity index (χ3v) is 3.94. The van der Waals surface area contributed by atoms with Crippen molar-refractivity contribution in [2.75, 3.05) is 0 Å². The first kappa shape index (κ1) is 13.7. The number of rotatable bonds is 4. The number of hydrogen-bond acceptors (Lipinski definition) is 2. The van der Waals surface area contributed by atoms with Crippen molar-refractivity contribution in [3.05, 3.63) is 84.3 Å². The average molecular weight is 306 g/mol. The van der Waals surface area contributed by atoms with E-state index in [9.17, 15) is 4.39 Å². The topological polar surface area (TPSA) is 35.6 Å². The van der Waals surface area contributed by atoms with Crippen LogP contribution in [0.15, 0.2) is 67.4 Å². The standard InChI is InChI=1S/C18H15FN4/c19-16-7-5-14(6-8-16)9-22-10-15(11-23-13-20-12-21-23)17-3-1-2-4-18(17)22/h1-8,10,12-13H,9,11H2. The van der Waals surface area contributed by atoms with Crippen LogP contribution in [0.2, 0.25) is 0 Å². The number of benzene rings is 2. The lowest BCUT2D eigenvalue weighted by Crippen LogP contribution is -2.00. The molecular weight excluding hydrogens is 291 g/mol. The second-order valence-electron chi connectivity index (χ2n) is 5.52. The SMILES string of the molecule is Fc1ccc(Cn2cc(Cn3cncn3)c3ccccc32)cc1. The second-order valence-corrected chi connectivity index (χ2v) is 5.52. The van der Waals surface area contributed by atoms with Crippen molar-refractivity contribution in [1.82, 2.24) is 19.3 Å². The molecule has 0 aliphatic rings. The summed E-state index contributed by atoms with van der Waals surface area (Å²) in [5, 5.41) is 5.38. The fourth-order valence-corrected chi connectivity index (χ4v) is 2.86. The van der Waals surface area contributed by atoms with E-state index in [1.807, 2.05) is 28.9 Å². The number of hydrogen-bond donors (Lipinski definition) is 0. The van der Waals surface area contributed by atoms with E-state index in [4.69, 9.17) is 0 Å². The Morgan fingerprint density at radius 3 is 2.57 bits per heavy atom. The Bertz CT molecular complexity index is 923. The summed E-state index contributed by atoms with van der Waals surface area (Å²) in [6.45, 7) is 1.38. The van der Waals surface area contributed by atoms with E-state index < -0.39 is 0 Å². The molecule has 4 aromatic rings. The Morgan fingerprint density at radius 2 is 1.78 bits per heavy atom. The van der Waals surface area contributed by atoms with E-state index in [2.05, 4.69) is 33.0 Å². The zero-order chi connectivity index (χ0) is 15.6.